The number of anilines is 2. The number of nitrogens with zero attached hydrogens (tertiary/aromatic N) is 1. The van der Waals surface area contributed by atoms with Gasteiger partial charge in [-0.05, 0) is 13.0 Å². The Bertz CT molecular complexity index is 294. The lowest BCUT2D eigenvalue weighted by Gasteiger charge is -2.08. The minimum atomic E-state index is 0.0693. The predicted octanol–water partition coefficient (Wildman–Crippen LogP) is 0.934. The van der Waals surface area contributed by atoms with E-state index in [9.17, 15) is 0 Å². The Balaban J connectivity index is 2.27. The van der Waals surface area contributed by atoms with E-state index in [4.69, 9.17) is 9.84 Å². The highest BCUT2D eigenvalue weighted by Gasteiger charge is 1.95. The van der Waals surface area contributed by atoms with Crippen LogP contribution in [0.4, 0.5) is 11.5 Å². The minimum absolute atomic E-state index is 0.0693. The van der Waals surface area contributed by atoms with Crippen LogP contribution in [-0.2, 0) is 4.74 Å². The number of aliphatic hydroxyl groups is 1. The normalized spacial score (nSPS) is 10.1. The Kier molecular flexibility index (Phi) is 6.29. The average molecular weight is 225 g/mol. The maximum absolute atomic E-state index is 8.52. The van der Waals surface area contributed by atoms with Crippen molar-refractivity contribution < 1.29 is 9.84 Å². The third-order valence-corrected chi connectivity index (χ3v) is 1.93. The number of aliphatic hydroxyl groups excluding tert-OH is 1. The molecule has 1 heterocycles. The lowest BCUT2D eigenvalue weighted by Crippen LogP contribution is -2.11. The van der Waals surface area contributed by atoms with Gasteiger partial charge in [-0.3, -0.25) is 0 Å². The fraction of sp³-hybridized carbons (Fsp3) is 0.545. The molecular weight excluding hydrogens is 206 g/mol. The third kappa shape index (κ3) is 4.95. The first kappa shape index (κ1) is 12.7. The summed E-state index contributed by atoms with van der Waals surface area (Å²) in [6.07, 6.45) is 1.76. The van der Waals surface area contributed by atoms with E-state index < -0.39 is 0 Å². The maximum Gasteiger partial charge on any atom is 0.127 e. The van der Waals surface area contributed by atoms with Crippen LogP contribution < -0.4 is 10.6 Å². The zero-order chi connectivity index (χ0) is 11.6. The molecule has 0 aliphatic rings. The molecule has 0 saturated carbocycles. The second-order valence-electron chi connectivity index (χ2n) is 3.22. The number of hydrogen-bond donors (Lipinski definition) is 3. The summed E-state index contributed by atoms with van der Waals surface area (Å²) in [6, 6.07) is 3.86. The number of ether oxygens (including phenoxy) is 1. The average Bonchev–Trinajstić information content (AvgIpc) is 2.30. The Morgan fingerprint density at radius 2 is 2.25 bits per heavy atom. The van der Waals surface area contributed by atoms with Gasteiger partial charge in [0, 0.05) is 31.0 Å². The summed E-state index contributed by atoms with van der Waals surface area (Å²) in [5.74, 6) is 0.865. The van der Waals surface area contributed by atoms with Gasteiger partial charge in [-0.1, -0.05) is 0 Å². The van der Waals surface area contributed by atoms with Crippen LogP contribution in [0.1, 0.15) is 6.92 Å². The molecule has 0 atom stereocenters. The van der Waals surface area contributed by atoms with Crippen LogP contribution >= 0.6 is 0 Å². The summed E-state index contributed by atoms with van der Waals surface area (Å²) in [4.78, 5) is 4.17. The van der Waals surface area contributed by atoms with Crippen molar-refractivity contribution in [3.63, 3.8) is 0 Å². The number of rotatable bonds is 8. The van der Waals surface area contributed by atoms with Gasteiger partial charge < -0.3 is 20.5 Å². The van der Waals surface area contributed by atoms with E-state index in [1.54, 1.807) is 6.20 Å². The van der Waals surface area contributed by atoms with E-state index in [1.165, 1.54) is 0 Å². The lowest BCUT2D eigenvalue weighted by atomic mass is 10.4. The van der Waals surface area contributed by atoms with Gasteiger partial charge in [0.1, 0.15) is 5.82 Å². The molecule has 0 aromatic carbocycles. The molecule has 5 heteroatoms. The first-order chi connectivity index (χ1) is 7.86. The van der Waals surface area contributed by atoms with Gasteiger partial charge in [0.15, 0.2) is 0 Å². The molecule has 16 heavy (non-hydrogen) atoms. The molecule has 1 aromatic rings. The third-order valence-electron chi connectivity index (χ3n) is 1.93. The minimum Gasteiger partial charge on any atom is -0.394 e. The molecule has 0 radical (unpaired) electrons. The van der Waals surface area contributed by atoms with Crippen LogP contribution in [0.3, 0.4) is 0 Å². The highest BCUT2D eigenvalue weighted by atomic mass is 16.5. The first-order valence-corrected chi connectivity index (χ1v) is 5.49. The monoisotopic (exact) mass is 225 g/mol. The molecule has 0 spiro atoms. The van der Waals surface area contributed by atoms with Crippen molar-refractivity contribution in [3.05, 3.63) is 18.3 Å². The molecular formula is C11H19N3O2. The Labute approximate surface area is 95.8 Å². The SMILES string of the molecule is CCNc1cc(NCCOCCO)ccn1. The highest BCUT2D eigenvalue weighted by Crippen LogP contribution is 2.10. The lowest BCUT2D eigenvalue weighted by molar-refractivity contribution is 0.0992. The number of aromatic nitrogens is 1. The topological polar surface area (TPSA) is 66.4 Å². The molecule has 0 fully saturated rings. The van der Waals surface area contributed by atoms with Gasteiger partial charge in [-0.25, -0.2) is 4.98 Å². The van der Waals surface area contributed by atoms with Crippen molar-refractivity contribution in [2.45, 2.75) is 6.92 Å². The van der Waals surface area contributed by atoms with Crippen LogP contribution in [0.15, 0.2) is 18.3 Å². The molecule has 90 valence electrons. The maximum atomic E-state index is 8.52. The summed E-state index contributed by atoms with van der Waals surface area (Å²) in [6.45, 7) is 4.65. The Hall–Kier alpha value is -1.33. The molecule has 0 aliphatic heterocycles. The second-order valence-corrected chi connectivity index (χ2v) is 3.22. The predicted molar refractivity (Wildman–Crippen MR) is 64.8 cm³/mol. The van der Waals surface area contributed by atoms with E-state index >= 15 is 0 Å². The molecule has 0 amide bonds. The summed E-state index contributed by atoms with van der Waals surface area (Å²) in [7, 11) is 0. The Morgan fingerprint density at radius 3 is 3.00 bits per heavy atom. The van der Waals surface area contributed by atoms with Crippen LogP contribution in [0.25, 0.3) is 0 Å². The van der Waals surface area contributed by atoms with Crippen molar-refractivity contribution in [2.24, 2.45) is 0 Å². The van der Waals surface area contributed by atoms with Crippen LogP contribution in [0.2, 0.25) is 0 Å². The fourth-order valence-electron chi connectivity index (χ4n) is 1.25. The van der Waals surface area contributed by atoms with E-state index in [-0.39, 0.29) is 6.61 Å². The van der Waals surface area contributed by atoms with Crippen molar-refractivity contribution in [3.8, 4) is 0 Å². The fourth-order valence-corrected chi connectivity index (χ4v) is 1.25. The molecule has 3 N–H and O–H groups in total. The van der Waals surface area contributed by atoms with E-state index in [0.29, 0.717) is 13.2 Å². The smallest absolute Gasteiger partial charge is 0.127 e. The first-order valence-electron chi connectivity index (χ1n) is 5.49. The standard InChI is InChI=1S/C11H19N3O2/c1-2-12-11-9-10(3-4-14-11)13-5-7-16-8-6-15/h3-4,9,15H,2,5-8H2,1H3,(H2,12,13,14). The van der Waals surface area contributed by atoms with Gasteiger partial charge in [0.25, 0.3) is 0 Å². The van der Waals surface area contributed by atoms with Crippen molar-refractivity contribution >= 4 is 11.5 Å². The summed E-state index contributed by atoms with van der Waals surface area (Å²) in [5.41, 5.74) is 1.01. The Morgan fingerprint density at radius 1 is 1.38 bits per heavy atom. The zero-order valence-corrected chi connectivity index (χ0v) is 9.57. The van der Waals surface area contributed by atoms with Gasteiger partial charge in [0.2, 0.25) is 0 Å². The van der Waals surface area contributed by atoms with E-state index in [0.717, 1.165) is 24.6 Å². The molecule has 0 saturated heterocycles. The van der Waals surface area contributed by atoms with Crippen LogP contribution in [0, 0.1) is 0 Å². The number of pyridine rings is 1. The summed E-state index contributed by atoms with van der Waals surface area (Å²) < 4.78 is 5.14. The van der Waals surface area contributed by atoms with Crippen molar-refractivity contribution in [2.75, 3.05) is 43.5 Å². The number of hydrogen-bond acceptors (Lipinski definition) is 5. The van der Waals surface area contributed by atoms with Crippen molar-refractivity contribution in [1.82, 2.24) is 4.98 Å². The van der Waals surface area contributed by atoms with E-state index in [2.05, 4.69) is 15.6 Å². The van der Waals surface area contributed by atoms with Crippen LogP contribution in [-0.4, -0.2) is 43.0 Å². The van der Waals surface area contributed by atoms with Crippen LogP contribution in [0.5, 0.6) is 0 Å². The molecule has 1 rings (SSSR count). The molecule has 5 nitrogen and oxygen atoms in total. The highest BCUT2D eigenvalue weighted by molar-refractivity contribution is 5.51. The molecule has 1 aromatic heterocycles. The van der Waals surface area contributed by atoms with Gasteiger partial charge in [-0.15, -0.1) is 0 Å². The molecule has 0 bridgehead atoms. The van der Waals surface area contributed by atoms with E-state index in [1.807, 2.05) is 19.1 Å². The molecule has 0 unspecified atom stereocenters. The quantitative estimate of drug-likeness (QED) is 0.574. The number of nitrogens with one attached hydrogen (secondary N) is 2. The van der Waals surface area contributed by atoms with Gasteiger partial charge in [0.05, 0.1) is 19.8 Å². The zero-order valence-electron chi connectivity index (χ0n) is 9.57. The van der Waals surface area contributed by atoms with Gasteiger partial charge in [-0.2, -0.15) is 0 Å². The van der Waals surface area contributed by atoms with Crippen molar-refractivity contribution in [1.29, 1.82) is 0 Å². The largest absolute Gasteiger partial charge is 0.394 e. The summed E-state index contributed by atoms with van der Waals surface area (Å²) >= 11 is 0. The molecule has 0 aliphatic carbocycles. The van der Waals surface area contributed by atoms with Gasteiger partial charge >= 0.3 is 0 Å². The second kappa shape index (κ2) is 7.90. The summed E-state index contributed by atoms with van der Waals surface area (Å²) in [5, 5.41) is 14.9.